The Hall–Kier alpha value is -2.94. The van der Waals surface area contributed by atoms with E-state index in [0.29, 0.717) is 21.4 Å². The van der Waals surface area contributed by atoms with E-state index in [9.17, 15) is 9.59 Å². The number of carbonyl (C=O) groups excluding carboxylic acids is 2. The van der Waals surface area contributed by atoms with Crippen LogP contribution in [0.3, 0.4) is 0 Å². The van der Waals surface area contributed by atoms with E-state index >= 15 is 0 Å². The van der Waals surface area contributed by atoms with Crippen LogP contribution in [0.15, 0.2) is 88.2 Å². The number of hydrogen-bond donors (Lipinski definition) is 0. The lowest BCUT2D eigenvalue weighted by Crippen LogP contribution is -2.37. The Labute approximate surface area is 215 Å². The van der Waals surface area contributed by atoms with Crippen molar-refractivity contribution in [2.75, 3.05) is 7.11 Å². The minimum Gasteiger partial charge on any atom is -0.489 e. The third kappa shape index (κ3) is 5.58. The van der Waals surface area contributed by atoms with Crippen LogP contribution in [0.1, 0.15) is 22.7 Å². The second kappa shape index (κ2) is 11.0. The molecule has 0 bridgehead atoms. The summed E-state index contributed by atoms with van der Waals surface area (Å²) in [5.74, 6) is -0.153. The van der Waals surface area contributed by atoms with Crippen molar-refractivity contribution in [2.24, 2.45) is 0 Å². The Morgan fingerprint density at radius 2 is 1.82 bits per heavy atom. The van der Waals surface area contributed by atoms with Crippen molar-refractivity contribution in [3.05, 3.63) is 105 Å². The molecule has 0 N–H and O–H groups in total. The van der Waals surface area contributed by atoms with Crippen molar-refractivity contribution < 1.29 is 19.1 Å². The van der Waals surface area contributed by atoms with Crippen molar-refractivity contribution in [1.29, 1.82) is 0 Å². The summed E-state index contributed by atoms with van der Waals surface area (Å²) in [4.78, 5) is 27.5. The summed E-state index contributed by atoms with van der Waals surface area (Å²) < 4.78 is 12.1. The van der Waals surface area contributed by atoms with E-state index < -0.39 is 12.0 Å². The number of thiocarbonyl (C=S) groups is 1. The highest BCUT2D eigenvalue weighted by molar-refractivity contribution is 9.10. The maximum atomic E-state index is 13.2. The number of ether oxygens (including phenoxy) is 2. The van der Waals surface area contributed by atoms with Gasteiger partial charge in [0.2, 0.25) is 0 Å². The van der Waals surface area contributed by atoms with Gasteiger partial charge in [-0.15, -0.1) is 0 Å². The Morgan fingerprint density at radius 1 is 1.09 bits per heavy atom. The molecule has 172 valence electrons. The average Bonchev–Trinajstić information content (AvgIpc) is 3.12. The first-order valence-corrected chi connectivity index (χ1v) is 12.3. The first-order chi connectivity index (χ1) is 16.5. The lowest BCUT2D eigenvalue weighted by Gasteiger charge is -2.24. The molecule has 0 saturated carbocycles. The third-order valence-corrected chi connectivity index (χ3v) is 6.92. The molecule has 1 saturated heterocycles. The van der Waals surface area contributed by atoms with Gasteiger partial charge >= 0.3 is 5.97 Å². The molecule has 4 rings (SSSR count). The predicted octanol–water partition coefficient (Wildman–Crippen LogP) is 6.14. The van der Waals surface area contributed by atoms with Gasteiger partial charge in [0, 0.05) is 4.47 Å². The largest absolute Gasteiger partial charge is 0.489 e. The van der Waals surface area contributed by atoms with E-state index in [1.165, 1.54) is 23.8 Å². The molecule has 0 radical (unpaired) electrons. The number of carbonyl (C=O) groups is 2. The fourth-order valence-corrected chi connectivity index (χ4v) is 5.20. The summed E-state index contributed by atoms with van der Waals surface area (Å²) in [5.41, 5.74) is 2.52. The van der Waals surface area contributed by atoms with Gasteiger partial charge in [-0.2, -0.15) is 0 Å². The zero-order chi connectivity index (χ0) is 24.1. The van der Waals surface area contributed by atoms with E-state index in [4.69, 9.17) is 21.7 Å². The molecule has 0 aliphatic carbocycles. The van der Waals surface area contributed by atoms with E-state index in [1.807, 2.05) is 54.6 Å². The molecule has 3 aromatic carbocycles. The molecule has 1 amide bonds. The Kier molecular flexibility index (Phi) is 7.82. The monoisotopic (exact) mass is 553 g/mol. The number of nitrogens with zero attached hydrogens (tertiary/aromatic N) is 1. The van der Waals surface area contributed by atoms with Crippen molar-refractivity contribution in [3.8, 4) is 5.75 Å². The normalized spacial score (nSPS) is 15.5. The summed E-state index contributed by atoms with van der Waals surface area (Å²) in [5, 5.41) is 0. The highest BCUT2D eigenvalue weighted by atomic mass is 79.9. The smallest absolute Gasteiger partial charge is 0.333 e. The van der Waals surface area contributed by atoms with Gasteiger partial charge in [0.15, 0.2) is 6.04 Å². The molecule has 1 aliphatic heterocycles. The van der Waals surface area contributed by atoms with Crippen LogP contribution in [-0.4, -0.2) is 28.2 Å². The molecule has 1 atom stereocenters. The molecular formula is C26H20BrNO4S2. The fourth-order valence-electron chi connectivity index (χ4n) is 3.44. The first-order valence-electron chi connectivity index (χ1n) is 10.3. The molecule has 3 aromatic rings. The second-order valence-electron chi connectivity index (χ2n) is 7.38. The topological polar surface area (TPSA) is 55.8 Å². The molecule has 5 nitrogen and oxygen atoms in total. The van der Waals surface area contributed by atoms with E-state index in [0.717, 1.165) is 21.3 Å². The Bertz CT molecular complexity index is 1250. The van der Waals surface area contributed by atoms with Crippen LogP contribution in [0.2, 0.25) is 0 Å². The van der Waals surface area contributed by atoms with Gasteiger partial charge in [0.05, 0.1) is 12.0 Å². The fraction of sp³-hybridized carbons (Fsp3) is 0.115. The van der Waals surface area contributed by atoms with Crippen LogP contribution in [-0.2, 0) is 20.9 Å². The molecule has 1 unspecified atom stereocenters. The number of methoxy groups -OCH3 is 1. The molecular weight excluding hydrogens is 534 g/mol. The van der Waals surface area contributed by atoms with Crippen molar-refractivity contribution in [1.82, 2.24) is 4.90 Å². The second-order valence-corrected chi connectivity index (χ2v) is 9.97. The van der Waals surface area contributed by atoms with E-state index in [1.54, 1.807) is 30.3 Å². The molecule has 0 aromatic heterocycles. The summed E-state index contributed by atoms with van der Waals surface area (Å²) in [6, 6.07) is 23.5. The number of amides is 1. The number of benzene rings is 3. The maximum Gasteiger partial charge on any atom is 0.333 e. The zero-order valence-electron chi connectivity index (χ0n) is 18.1. The van der Waals surface area contributed by atoms with Gasteiger partial charge in [-0.1, -0.05) is 94.5 Å². The van der Waals surface area contributed by atoms with Crippen LogP contribution < -0.4 is 4.74 Å². The van der Waals surface area contributed by atoms with Crippen molar-refractivity contribution >= 4 is 62.2 Å². The van der Waals surface area contributed by atoms with Crippen LogP contribution in [0.25, 0.3) is 6.08 Å². The first kappa shape index (κ1) is 24.2. The summed E-state index contributed by atoms with van der Waals surface area (Å²) >= 11 is 10.1. The average molecular weight is 554 g/mol. The van der Waals surface area contributed by atoms with E-state index in [-0.39, 0.29) is 5.91 Å². The minimum absolute atomic E-state index is 0.310. The molecule has 1 aliphatic rings. The third-order valence-electron chi connectivity index (χ3n) is 5.09. The van der Waals surface area contributed by atoms with Gasteiger partial charge in [-0.05, 0) is 47.0 Å². The Morgan fingerprint density at radius 3 is 2.50 bits per heavy atom. The summed E-state index contributed by atoms with van der Waals surface area (Å²) in [6.07, 6.45) is 1.76. The van der Waals surface area contributed by atoms with Crippen LogP contribution in [0.5, 0.6) is 5.75 Å². The SMILES string of the molecule is COC(=O)C(c1ccccc1)N1C(=O)/C(=C\c2ccc(OCc3cccc(Br)c3)cc2)SC1=S. The molecule has 8 heteroatoms. The zero-order valence-corrected chi connectivity index (χ0v) is 21.4. The number of hydrogen-bond acceptors (Lipinski definition) is 6. The summed E-state index contributed by atoms with van der Waals surface area (Å²) in [6.45, 7) is 0.450. The number of thioether (sulfide) groups is 1. The lowest BCUT2D eigenvalue weighted by atomic mass is 10.1. The van der Waals surface area contributed by atoms with Crippen LogP contribution >= 0.6 is 39.9 Å². The standard InChI is InChI=1S/C26H20BrNO4S2/c1-31-25(30)23(19-7-3-2-4-8-19)28-24(29)22(34-26(28)33)15-17-10-12-21(13-11-17)32-16-18-6-5-9-20(27)14-18/h2-15,23H,16H2,1H3/b22-15+. The van der Waals surface area contributed by atoms with Gasteiger partial charge in [0.1, 0.15) is 16.7 Å². The maximum absolute atomic E-state index is 13.2. The predicted molar refractivity (Wildman–Crippen MR) is 141 cm³/mol. The van der Waals surface area contributed by atoms with Crippen molar-refractivity contribution in [3.63, 3.8) is 0 Å². The number of halogens is 1. The Balaban J connectivity index is 1.49. The van der Waals surface area contributed by atoms with E-state index in [2.05, 4.69) is 15.9 Å². The summed E-state index contributed by atoms with van der Waals surface area (Å²) in [7, 11) is 1.30. The van der Waals surface area contributed by atoms with Gasteiger partial charge < -0.3 is 9.47 Å². The van der Waals surface area contributed by atoms with Crippen LogP contribution in [0, 0.1) is 0 Å². The lowest BCUT2D eigenvalue weighted by molar-refractivity contribution is -0.148. The molecule has 34 heavy (non-hydrogen) atoms. The van der Waals surface area contributed by atoms with Gasteiger partial charge in [0.25, 0.3) is 5.91 Å². The number of rotatable bonds is 7. The quantitative estimate of drug-likeness (QED) is 0.199. The highest BCUT2D eigenvalue weighted by Gasteiger charge is 2.41. The molecule has 0 spiro atoms. The number of esters is 1. The highest BCUT2D eigenvalue weighted by Crippen LogP contribution is 2.38. The van der Waals surface area contributed by atoms with Gasteiger partial charge in [-0.3, -0.25) is 9.69 Å². The van der Waals surface area contributed by atoms with Crippen LogP contribution in [0.4, 0.5) is 0 Å². The van der Waals surface area contributed by atoms with Gasteiger partial charge in [-0.25, -0.2) is 4.79 Å². The molecule has 1 heterocycles. The van der Waals surface area contributed by atoms with Crippen molar-refractivity contribution in [2.45, 2.75) is 12.6 Å². The minimum atomic E-state index is -0.932. The molecule has 1 fully saturated rings.